The largest absolute Gasteiger partial charge is 0.299 e. The first-order valence-corrected chi connectivity index (χ1v) is 6.08. The minimum Gasteiger partial charge on any atom is -0.299 e. The molecule has 0 unspecified atom stereocenters. The van der Waals surface area contributed by atoms with Crippen LogP contribution >= 0.6 is 12.2 Å². The van der Waals surface area contributed by atoms with Gasteiger partial charge in [-0.2, -0.15) is 5.10 Å². The fourth-order valence-electron chi connectivity index (χ4n) is 1.87. The molecule has 6 heteroatoms. The smallest absolute Gasteiger partial charge is 0.195 e. The number of aromatic nitrogens is 5. The molecule has 0 saturated heterocycles. The summed E-state index contributed by atoms with van der Waals surface area (Å²) in [6, 6.07) is 7.75. The first-order chi connectivity index (χ1) is 8.79. The Hall–Kier alpha value is -2.08. The van der Waals surface area contributed by atoms with Crippen LogP contribution in [0.5, 0.6) is 0 Å². The molecule has 5 nitrogen and oxygen atoms in total. The minimum absolute atomic E-state index is 0.599. The summed E-state index contributed by atoms with van der Waals surface area (Å²) in [7, 11) is 0. The van der Waals surface area contributed by atoms with E-state index in [1.54, 1.807) is 6.20 Å². The number of nitrogens with zero attached hydrogens (tertiary/aromatic N) is 4. The lowest BCUT2D eigenvalue weighted by Crippen LogP contribution is -1.99. The quantitative estimate of drug-likeness (QED) is 0.717. The van der Waals surface area contributed by atoms with Crippen LogP contribution in [0, 0.1) is 4.77 Å². The van der Waals surface area contributed by atoms with Gasteiger partial charge < -0.3 is 0 Å². The van der Waals surface area contributed by atoms with Crippen LogP contribution in [0.3, 0.4) is 0 Å². The molecule has 18 heavy (non-hydrogen) atoms. The maximum atomic E-state index is 5.16. The fourth-order valence-corrected chi connectivity index (χ4v) is 2.13. The van der Waals surface area contributed by atoms with Crippen LogP contribution in [0.15, 0.2) is 30.5 Å². The molecule has 2 heterocycles. The summed E-state index contributed by atoms with van der Waals surface area (Å²) in [6.45, 7) is 2.77. The number of benzene rings is 1. The van der Waals surface area contributed by atoms with E-state index in [0.717, 1.165) is 29.1 Å². The third-order valence-electron chi connectivity index (χ3n) is 2.75. The van der Waals surface area contributed by atoms with Gasteiger partial charge in [0.2, 0.25) is 0 Å². The van der Waals surface area contributed by atoms with Crippen molar-refractivity contribution in [2.45, 2.75) is 13.5 Å². The summed E-state index contributed by atoms with van der Waals surface area (Å²) in [5.41, 5.74) is 2.45. The molecular formula is C12H11N5S. The van der Waals surface area contributed by atoms with E-state index < -0.39 is 0 Å². The Bertz CT molecular complexity index is 758. The van der Waals surface area contributed by atoms with Crippen LogP contribution in [0.2, 0.25) is 0 Å². The highest BCUT2D eigenvalue weighted by Crippen LogP contribution is 2.17. The molecule has 0 aliphatic carbocycles. The summed E-state index contributed by atoms with van der Waals surface area (Å²) < 4.78 is 2.50. The maximum Gasteiger partial charge on any atom is 0.195 e. The van der Waals surface area contributed by atoms with Gasteiger partial charge in [-0.25, -0.2) is 4.98 Å². The van der Waals surface area contributed by atoms with E-state index in [2.05, 4.69) is 20.2 Å². The molecule has 0 radical (unpaired) electrons. The van der Waals surface area contributed by atoms with Crippen molar-refractivity contribution >= 4 is 23.3 Å². The fraction of sp³-hybridized carbons (Fsp3) is 0.167. The molecule has 0 bridgehead atoms. The number of aromatic amines is 1. The van der Waals surface area contributed by atoms with E-state index in [-0.39, 0.29) is 0 Å². The number of rotatable bonds is 2. The molecule has 3 rings (SSSR count). The second-order valence-corrected chi connectivity index (χ2v) is 4.23. The van der Waals surface area contributed by atoms with Gasteiger partial charge in [-0.1, -0.05) is 12.1 Å². The average Bonchev–Trinajstić information content (AvgIpc) is 2.79. The van der Waals surface area contributed by atoms with Crippen molar-refractivity contribution < 1.29 is 0 Å². The van der Waals surface area contributed by atoms with Gasteiger partial charge in [0.25, 0.3) is 0 Å². The number of H-pyrrole nitrogens is 1. The first kappa shape index (κ1) is 11.0. The standard InChI is InChI=1S/C12H11N5S/c1-2-17-11(15-16-12(17)18)10-7-13-8-5-3-4-6-9(8)14-10/h3-7H,2H2,1H3,(H,16,18). The zero-order chi connectivity index (χ0) is 12.5. The van der Waals surface area contributed by atoms with Crippen LogP contribution < -0.4 is 0 Å². The van der Waals surface area contributed by atoms with Crippen LogP contribution in [0.4, 0.5) is 0 Å². The number of fused-ring (bicyclic) bond motifs is 1. The topological polar surface area (TPSA) is 59.4 Å². The second-order valence-electron chi connectivity index (χ2n) is 3.84. The van der Waals surface area contributed by atoms with Crippen molar-refractivity contribution in [1.29, 1.82) is 0 Å². The molecule has 2 aromatic heterocycles. The highest BCUT2D eigenvalue weighted by atomic mass is 32.1. The Balaban J connectivity index is 2.22. The van der Waals surface area contributed by atoms with Crippen molar-refractivity contribution in [2.24, 2.45) is 0 Å². The monoisotopic (exact) mass is 257 g/mol. The third-order valence-corrected chi connectivity index (χ3v) is 3.06. The van der Waals surface area contributed by atoms with Crippen molar-refractivity contribution in [3.05, 3.63) is 35.2 Å². The summed E-state index contributed by atoms with van der Waals surface area (Å²) in [5, 5.41) is 6.99. The Kier molecular flexibility index (Phi) is 2.64. The van der Waals surface area contributed by atoms with Gasteiger partial charge in [0, 0.05) is 6.54 Å². The molecule has 0 amide bonds. The van der Waals surface area contributed by atoms with Gasteiger partial charge in [0.1, 0.15) is 5.69 Å². The normalized spacial score (nSPS) is 10.9. The van der Waals surface area contributed by atoms with Crippen molar-refractivity contribution in [3.8, 4) is 11.5 Å². The molecule has 0 fully saturated rings. The van der Waals surface area contributed by atoms with Crippen molar-refractivity contribution in [1.82, 2.24) is 24.7 Å². The average molecular weight is 257 g/mol. The Morgan fingerprint density at radius 2 is 2.06 bits per heavy atom. The summed E-state index contributed by atoms with van der Waals surface area (Å²) in [4.78, 5) is 8.93. The molecule has 90 valence electrons. The molecule has 3 aromatic rings. The summed E-state index contributed by atoms with van der Waals surface area (Å²) in [6.07, 6.45) is 1.72. The Morgan fingerprint density at radius 1 is 1.28 bits per heavy atom. The number of hydrogen-bond donors (Lipinski definition) is 1. The molecule has 1 aromatic carbocycles. The van der Waals surface area contributed by atoms with E-state index in [0.29, 0.717) is 4.77 Å². The van der Waals surface area contributed by atoms with Gasteiger partial charge in [0.05, 0.1) is 17.2 Å². The minimum atomic E-state index is 0.599. The zero-order valence-corrected chi connectivity index (χ0v) is 10.6. The van der Waals surface area contributed by atoms with E-state index >= 15 is 0 Å². The SMILES string of the molecule is CCn1c(-c2cnc3ccccc3n2)n[nH]c1=S. The number of hydrogen-bond acceptors (Lipinski definition) is 4. The van der Waals surface area contributed by atoms with Crippen LogP contribution in [0.1, 0.15) is 6.92 Å². The summed E-state index contributed by atoms with van der Waals surface area (Å²) in [5.74, 6) is 0.723. The van der Waals surface area contributed by atoms with Gasteiger partial charge in [-0.05, 0) is 31.3 Å². The van der Waals surface area contributed by atoms with Crippen LogP contribution in [0.25, 0.3) is 22.6 Å². The molecule has 0 aliphatic heterocycles. The maximum absolute atomic E-state index is 5.16. The second kappa shape index (κ2) is 4.30. The molecule has 0 atom stereocenters. The predicted octanol–water partition coefficient (Wildman–Crippen LogP) is 2.57. The van der Waals surface area contributed by atoms with Crippen molar-refractivity contribution in [3.63, 3.8) is 0 Å². The van der Waals surface area contributed by atoms with Gasteiger partial charge >= 0.3 is 0 Å². The van der Waals surface area contributed by atoms with E-state index in [1.807, 2.05) is 35.8 Å². The lowest BCUT2D eigenvalue weighted by molar-refractivity contribution is 0.753. The molecule has 1 N–H and O–H groups in total. The van der Waals surface area contributed by atoms with E-state index in [4.69, 9.17) is 12.2 Å². The first-order valence-electron chi connectivity index (χ1n) is 5.67. The molecule has 0 aliphatic rings. The third kappa shape index (κ3) is 1.70. The number of para-hydroxylation sites is 2. The van der Waals surface area contributed by atoms with Gasteiger partial charge in [0.15, 0.2) is 10.6 Å². The summed E-state index contributed by atoms with van der Waals surface area (Å²) >= 11 is 5.16. The Morgan fingerprint density at radius 3 is 2.83 bits per heavy atom. The van der Waals surface area contributed by atoms with E-state index in [9.17, 15) is 0 Å². The Labute approximate surface area is 109 Å². The van der Waals surface area contributed by atoms with E-state index in [1.165, 1.54) is 0 Å². The molecule has 0 spiro atoms. The predicted molar refractivity (Wildman–Crippen MR) is 71.6 cm³/mol. The van der Waals surface area contributed by atoms with Crippen LogP contribution in [-0.2, 0) is 6.54 Å². The number of nitrogens with one attached hydrogen (secondary N) is 1. The molecular weight excluding hydrogens is 246 g/mol. The van der Waals surface area contributed by atoms with Crippen LogP contribution in [-0.4, -0.2) is 24.7 Å². The lowest BCUT2D eigenvalue weighted by atomic mass is 10.3. The van der Waals surface area contributed by atoms with Crippen molar-refractivity contribution in [2.75, 3.05) is 0 Å². The van der Waals surface area contributed by atoms with Gasteiger partial charge in [-0.15, -0.1) is 0 Å². The zero-order valence-electron chi connectivity index (χ0n) is 9.79. The molecule has 0 saturated carbocycles. The highest BCUT2D eigenvalue weighted by molar-refractivity contribution is 7.71. The highest BCUT2D eigenvalue weighted by Gasteiger charge is 2.09. The lowest BCUT2D eigenvalue weighted by Gasteiger charge is -2.03. The van der Waals surface area contributed by atoms with Gasteiger partial charge in [-0.3, -0.25) is 14.6 Å².